The van der Waals surface area contributed by atoms with E-state index in [4.69, 9.17) is 4.52 Å². The van der Waals surface area contributed by atoms with E-state index in [-0.39, 0.29) is 18.4 Å². The molecule has 0 aliphatic rings. The highest BCUT2D eigenvalue weighted by molar-refractivity contribution is 5.96. The third-order valence-electron chi connectivity index (χ3n) is 2.32. The smallest absolute Gasteiger partial charge is 0.256 e. The van der Waals surface area contributed by atoms with Gasteiger partial charge < -0.3 is 14.9 Å². The highest BCUT2D eigenvalue weighted by atomic mass is 16.5. The monoisotopic (exact) mass is 240 g/mol. The van der Waals surface area contributed by atoms with Crippen molar-refractivity contribution in [2.45, 2.75) is 46.1 Å². The van der Waals surface area contributed by atoms with E-state index < -0.39 is 5.60 Å². The first-order chi connectivity index (χ1) is 7.72. The van der Waals surface area contributed by atoms with Crippen molar-refractivity contribution in [2.75, 3.05) is 6.54 Å². The summed E-state index contributed by atoms with van der Waals surface area (Å²) in [6, 6.07) is 0. The fourth-order valence-corrected chi connectivity index (χ4v) is 1.44. The lowest BCUT2D eigenvalue weighted by Crippen LogP contribution is -2.38. The molecule has 96 valence electrons. The molecule has 0 aromatic carbocycles. The normalized spacial score (nSPS) is 11.9. The van der Waals surface area contributed by atoms with Crippen LogP contribution in [0.1, 0.15) is 55.4 Å². The number of amides is 1. The SMILES string of the molecule is Cc1noc(C(C)C)c1C(=O)NCC(C)(C)O. The van der Waals surface area contributed by atoms with Crippen molar-refractivity contribution in [1.29, 1.82) is 0 Å². The van der Waals surface area contributed by atoms with Crippen LogP contribution in [0.4, 0.5) is 0 Å². The standard InChI is InChI=1S/C12H20N2O3/c1-7(2)10-9(8(3)14-17-10)11(15)13-6-12(4,5)16/h7,16H,6H2,1-5H3,(H,13,15). The van der Waals surface area contributed by atoms with Crippen LogP contribution in [0.5, 0.6) is 0 Å². The minimum absolute atomic E-state index is 0.0964. The Bertz CT molecular complexity index is 402. The van der Waals surface area contributed by atoms with E-state index in [0.717, 1.165) is 0 Å². The molecule has 0 saturated carbocycles. The van der Waals surface area contributed by atoms with E-state index in [1.165, 1.54) is 0 Å². The van der Waals surface area contributed by atoms with E-state index in [1.807, 2.05) is 13.8 Å². The summed E-state index contributed by atoms with van der Waals surface area (Å²) < 4.78 is 5.14. The lowest BCUT2D eigenvalue weighted by atomic mass is 10.0. The number of nitrogens with zero attached hydrogens (tertiary/aromatic N) is 1. The summed E-state index contributed by atoms with van der Waals surface area (Å²) in [4.78, 5) is 12.0. The molecule has 1 aromatic heterocycles. The molecule has 0 fully saturated rings. The molecule has 1 heterocycles. The van der Waals surface area contributed by atoms with Gasteiger partial charge in [0.2, 0.25) is 0 Å². The minimum atomic E-state index is -0.932. The number of aliphatic hydroxyl groups is 1. The second kappa shape index (κ2) is 4.87. The molecule has 5 nitrogen and oxygen atoms in total. The Hall–Kier alpha value is -1.36. The number of hydrogen-bond acceptors (Lipinski definition) is 4. The van der Waals surface area contributed by atoms with Gasteiger partial charge in [0, 0.05) is 12.5 Å². The van der Waals surface area contributed by atoms with Gasteiger partial charge in [0.15, 0.2) is 5.76 Å². The van der Waals surface area contributed by atoms with Gasteiger partial charge in [0.25, 0.3) is 5.91 Å². The number of hydrogen-bond donors (Lipinski definition) is 2. The van der Waals surface area contributed by atoms with E-state index in [1.54, 1.807) is 20.8 Å². The molecule has 0 saturated heterocycles. The van der Waals surface area contributed by atoms with Gasteiger partial charge in [-0.3, -0.25) is 4.79 Å². The van der Waals surface area contributed by atoms with Crippen molar-refractivity contribution in [3.8, 4) is 0 Å². The molecule has 5 heteroatoms. The first-order valence-electron chi connectivity index (χ1n) is 5.69. The van der Waals surface area contributed by atoms with Gasteiger partial charge in [-0.15, -0.1) is 0 Å². The molecular formula is C12H20N2O3. The topological polar surface area (TPSA) is 75.4 Å². The summed E-state index contributed by atoms with van der Waals surface area (Å²) in [5.41, 5.74) is 0.116. The quantitative estimate of drug-likeness (QED) is 0.838. The van der Waals surface area contributed by atoms with Crippen LogP contribution in [0.3, 0.4) is 0 Å². The summed E-state index contributed by atoms with van der Waals surface area (Å²) in [7, 11) is 0. The number of aryl methyl sites for hydroxylation is 1. The Kier molecular flexibility index (Phi) is 3.93. The lowest BCUT2D eigenvalue weighted by Gasteiger charge is -2.17. The van der Waals surface area contributed by atoms with Crippen LogP contribution in [-0.2, 0) is 0 Å². The number of carbonyl (C=O) groups excluding carboxylic acids is 1. The van der Waals surface area contributed by atoms with Crippen LogP contribution in [0.2, 0.25) is 0 Å². The Morgan fingerprint density at radius 1 is 1.53 bits per heavy atom. The Morgan fingerprint density at radius 2 is 2.12 bits per heavy atom. The summed E-state index contributed by atoms with van der Waals surface area (Å²) in [5, 5.41) is 16.0. The van der Waals surface area contributed by atoms with E-state index in [9.17, 15) is 9.90 Å². The van der Waals surface area contributed by atoms with Gasteiger partial charge in [-0.2, -0.15) is 0 Å². The number of aromatic nitrogens is 1. The first-order valence-corrected chi connectivity index (χ1v) is 5.69. The zero-order chi connectivity index (χ0) is 13.2. The van der Waals surface area contributed by atoms with Crippen molar-refractivity contribution in [3.63, 3.8) is 0 Å². The van der Waals surface area contributed by atoms with Gasteiger partial charge in [-0.1, -0.05) is 19.0 Å². The van der Waals surface area contributed by atoms with Gasteiger partial charge in [-0.25, -0.2) is 0 Å². The summed E-state index contributed by atoms with van der Waals surface area (Å²) >= 11 is 0. The Labute approximate surface area is 101 Å². The predicted octanol–water partition coefficient (Wildman–Crippen LogP) is 1.61. The van der Waals surface area contributed by atoms with Crippen LogP contribution in [0.15, 0.2) is 4.52 Å². The number of carbonyl (C=O) groups is 1. The highest BCUT2D eigenvalue weighted by Crippen LogP contribution is 2.22. The number of nitrogens with one attached hydrogen (secondary N) is 1. The molecule has 0 aliphatic carbocycles. The second-order valence-electron chi connectivity index (χ2n) is 5.16. The average molecular weight is 240 g/mol. The van der Waals surface area contributed by atoms with Crippen molar-refractivity contribution >= 4 is 5.91 Å². The van der Waals surface area contributed by atoms with Crippen molar-refractivity contribution in [3.05, 3.63) is 17.0 Å². The van der Waals surface area contributed by atoms with Gasteiger partial charge in [0.1, 0.15) is 5.56 Å². The second-order valence-corrected chi connectivity index (χ2v) is 5.16. The molecule has 0 unspecified atom stereocenters. The molecule has 1 amide bonds. The van der Waals surface area contributed by atoms with Gasteiger partial charge in [0.05, 0.1) is 11.3 Å². The van der Waals surface area contributed by atoms with Crippen LogP contribution in [-0.4, -0.2) is 28.3 Å². The van der Waals surface area contributed by atoms with Crippen LogP contribution >= 0.6 is 0 Å². The van der Waals surface area contributed by atoms with Crippen LogP contribution in [0, 0.1) is 6.92 Å². The van der Waals surface area contributed by atoms with E-state index in [0.29, 0.717) is 17.0 Å². The average Bonchev–Trinajstić information content (AvgIpc) is 2.55. The molecule has 1 rings (SSSR count). The summed E-state index contributed by atoms with van der Waals surface area (Å²) in [6.45, 7) is 9.07. The maximum absolute atomic E-state index is 12.0. The molecule has 0 radical (unpaired) electrons. The summed E-state index contributed by atoms with van der Waals surface area (Å²) in [5.74, 6) is 0.421. The zero-order valence-electron chi connectivity index (χ0n) is 11.0. The lowest BCUT2D eigenvalue weighted by molar-refractivity contribution is 0.0692. The first kappa shape index (κ1) is 13.7. The van der Waals surface area contributed by atoms with Crippen LogP contribution < -0.4 is 5.32 Å². The third-order valence-corrected chi connectivity index (χ3v) is 2.32. The molecule has 17 heavy (non-hydrogen) atoms. The zero-order valence-corrected chi connectivity index (χ0v) is 11.0. The Morgan fingerprint density at radius 3 is 2.59 bits per heavy atom. The number of rotatable bonds is 4. The molecule has 0 aliphatic heterocycles. The summed E-state index contributed by atoms with van der Waals surface area (Å²) in [6.07, 6.45) is 0. The molecule has 0 atom stereocenters. The van der Waals surface area contributed by atoms with Gasteiger partial charge >= 0.3 is 0 Å². The predicted molar refractivity (Wildman–Crippen MR) is 64.0 cm³/mol. The van der Waals surface area contributed by atoms with Crippen molar-refractivity contribution in [2.24, 2.45) is 0 Å². The van der Waals surface area contributed by atoms with E-state index in [2.05, 4.69) is 10.5 Å². The van der Waals surface area contributed by atoms with Crippen molar-refractivity contribution < 1.29 is 14.4 Å². The maximum Gasteiger partial charge on any atom is 0.256 e. The molecule has 0 bridgehead atoms. The highest BCUT2D eigenvalue weighted by Gasteiger charge is 2.23. The Balaban J connectivity index is 2.85. The maximum atomic E-state index is 12.0. The fraction of sp³-hybridized carbons (Fsp3) is 0.667. The molecule has 1 aromatic rings. The minimum Gasteiger partial charge on any atom is -0.389 e. The third kappa shape index (κ3) is 3.56. The molecular weight excluding hydrogens is 220 g/mol. The largest absolute Gasteiger partial charge is 0.389 e. The van der Waals surface area contributed by atoms with E-state index >= 15 is 0 Å². The van der Waals surface area contributed by atoms with Crippen molar-refractivity contribution in [1.82, 2.24) is 10.5 Å². The fourth-order valence-electron chi connectivity index (χ4n) is 1.44. The van der Waals surface area contributed by atoms with Crippen LogP contribution in [0.25, 0.3) is 0 Å². The molecule has 0 spiro atoms. The van der Waals surface area contributed by atoms with Gasteiger partial charge in [-0.05, 0) is 20.8 Å². The molecule has 2 N–H and O–H groups in total.